The van der Waals surface area contributed by atoms with Crippen LogP contribution in [0.15, 0.2) is 65.6 Å². The number of carbonyl (C=O) groups is 1. The Labute approximate surface area is 223 Å². The number of hydrogen-bond donors (Lipinski definition) is 2. The lowest BCUT2D eigenvalue weighted by Crippen LogP contribution is -2.29. The van der Waals surface area contributed by atoms with E-state index >= 15 is 0 Å². The van der Waals surface area contributed by atoms with Gasteiger partial charge in [-0.1, -0.05) is 35.9 Å². The van der Waals surface area contributed by atoms with Crippen molar-refractivity contribution in [1.82, 2.24) is 9.88 Å². The highest BCUT2D eigenvalue weighted by Crippen LogP contribution is 2.26. The largest absolute Gasteiger partial charge is 0.493 e. The maximum atomic E-state index is 13.1. The van der Waals surface area contributed by atoms with Gasteiger partial charge in [0.15, 0.2) is 11.5 Å². The number of pyridine rings is 1. The van der Waals surface area contributed by atoms with Gasteiger partial charge in [-0.2, -0.15) is 0 Å². The lowest BCUT2D eigenvalue weighted by Gasteiger charge is -2.14. The third kappa shape index (κ3) is 6.69. The molecule has 0 fully saturated rings. The molecule has 0 radical (unpaired) electrons. The van der Waals surface area contributed by atoms with Crippen LogP contribution in [0, 0.1) is 0 Å². The maximum absolute atomic E-state index is 13.1. The van der Waals surface area contributed by atoms with Crippen LogP contribution in [0.1, 0.15) is 20.8 Å². The first-order chi connectivity index (χ1) is 17.9. The van der Waals surface area contributed by atoms with E-state index in [1.54, 1.807) is 55.3 Å². The first-order valence-electron chi connectivity index (χ1n) is 11.5. The molecule has 4 rings (SSSR count). The van der Waals surface area contributed by atoms with Gasteiger partial charge in [-0.05, 0) is 35.9 Å². The fourth-order valence-corrected chi connectivity index (χ4v) is 4.84. The number of hydrogen-bond acceptors (Lipinski definition) is 7. The van der Waals surface area contributed by atoms with Crippen LogP contribution in [-0.2, 0) is 24.9 Å². The van der Waals surface area contributed by atoms with Gasteiger partial charge in [0, 0.05) is 29.7 Å². The Kier molecular flexibility index (Phi) is 8.83. The molecular formula is C27H27ClN2O6S. The number of ether oxygens (including phenoxy) is 3. The number of nitrogens with zero attached hydrogens (tertiary/aromatic N) is 1. The molecule has 0 saturated carbocycles. The number of aryl methyl sites for hydroxylation is 1. The molecule has 37 heavy (non-hydrogen) atoms. The molecule has 2 N–H and O–H groups in total. The summed E-state index contributed by atoms with van der Waals surface area (Å²) in [4.78, 5) is 27.3. The number of carbonyl (C=O) groups excluding carboxylic acids is 1. The number of rotatable bonds is 11. The molecule has 2 aromatic carbocycles. The van der Waals surface area contributed by atoms with Gasteiger partial charge in [0.25, 0.3) is 5.91 Å². The van der Waals surface area contributed by atoms with E-state index in [-0.39, 0.29) is 37.4 Å². The predicted molar refractivity (Wildman–Crippen MR) is 144 cm³/mol. The molecule has 2 heterocycles. The fraction of sp³-hybridized carbons (Fsp3) is 0.259. The number of halogens is 1. The van der Waals surface area contributed by atoms with E-state index in [9.17, 15) is 14.7 Å². The van der Waals surface area contributed by atoms with Crippen LogP contribution in [0.4, 0.5) is 0 Å². The Bertz CT molecular complexity index is 1430. The number of nitrogens with one attached hydrogen (secondary N) is 1. The first-order valence-corrected chi connectivity index (χ1v) is 12.7. The molecule has 1 unspecified atom stereocenters. The van der Waals surface area contributed by atoms with Crippen LogP contribution in [-0.4, -0.2) is 42.0 Å². The molecule has 10 heteroatoms. The summed E-state index contributed by atoms with van der Waals surface area (Å²) in [5, 5.41) is 14.1. The van der Waals surface area contributed by atoms with Crippen molar-refractivity contribution in [2.24, 2.45) is 7.05 Å². The maximum Gasteiger partial charge on any atom is 0.257 e. The smallest absolute Gasteiger partial charge is 0.257 e. The van der Waals surface area contributed by atoms with Gasteiger partial charge in [0.2, 0.25) is 5.43 Å². The second-order valence-corrected chi connectivity index (χ2v) is 9.91. The Morgan fingerprint density at radius 1 is 1.14 bits per heavy atom. The summed E-state index contributed by atoms with van der Waals surface area (Å²) in [6.07, 6.45) is 0.698. The zero-order valence-corrected chi connectivity index (χ0v) is 22.0. The summed E-state index contributed by atoms with van der Waals surface area (Å²) in [5.74, 6) is 0.678. The van der Waals surface area contributed by atoms with Crippen LogP contribution in [0.3, 0.4) is 0 Å². The standard InChI is InChI=1S/C27H27ClN2O6S/c1-30-13-22(26(33)29-12-17-7-9-18(28)10-8-17)25(32)21-11-20(37-27(21)30)16-35-14-19(31)15-36-24-6-4-3-5-23(24)34-2/h3-11,13,19,31H,12,14-16H2,1-2H3,(H,29,33). The van der Waals surface area contributed by atoms with Gasteiger partial charge < -0.3 is 29.2 Å². The molecular weight excluding hydrogens is 516 g/mol. The molecule has 0 saturated heterocycles. The van der Waals surface area contributed by atoms with Gasteiger partial charge in [0.05, 0.1) is 25.7 Å². The topological polar surface area (TPSA) is 99.0 Å². The summed E-state index contributed by atoms with van der Waals surface area (Å²) < 4.78 is 18.3. The van der Waals surface area contributed by atoms with Crippen LogP contribution in [0.5, 0.6) is 11.5 Å². The SMILES string of the molecule is COc1ccccc1OCC(O)COCc1cc2c(=O)c(C(=O)NCc3ccc(Cl)cc3)cn(C)c2s1. The highest BCUT2D eigenvalue weighted by Gasteiger charge is 2.17. The van der Waals surface area contributed by atoms with Gasteiger partial charge in [-0.15, -0.1) is 11.3 Å². The zero-order valence-electron chi connectivity index (χ0n) is 20.4. The lowest BCUT2D eigenvalue weighted by atomic mass is 10.2. The van der Waals surface area contributed by atoms with Gasteiger partial charge in [-0.3, -0.25) is 9.59 Å². The molecule has 0 spiro atoms. The minimum atomic E-state index is -0.846. The number of aliphatic hydroxyl groups is 1. The van der Waals surface area contributed by atoms with Gasteiger partial charge in [0.1, 0.15) is 23.1 Å². The van der Waals surface area contributed by atoms with Crippen LogP contribution in [0.25, 0.3) is 10.2 Å². The van der Waals surface area contributed by atoms with Crippen molar-refractivity contribution in [1.29, 1.82) is 0 Å². The van der Waals surface area contributed by atoms with Crippen molar-refractivity contribution >= 4 is 39.1 Å². The molecule has 1 amide bonds. The average Bonchev–Trinajstić information content (AvgIpc) is 3.34. The number of aliphatic hydroxyl groups excluding tert-OH is 1. The van der Waals surface area contributed by atoms with E-state index in [2.05, 4.69) is 5.32 Å². The zero-order chi connectivity index (χ0) is 26.4. The average molecular weight is 543 g/mol. The number of para-hydroxylation sites is 2. The first kappa shape index (κ1) is 26.7. The normalized spacial score (nSPS) is 11.9. The monoisotopic (exact) mass is 542 g/mol. The van der Waals surface area contributed by atoms with E-state index in [0.717, 1.165) is 15.3 Å². The molecule has 0 aliphatic carbocycles. The number of thiophene rings is 1. The number of aromatic nitrogens is 1. The third-order valence-electron chi connectivity index (χ3n) is 5.56. The van der Waals surface area contributed by atoms with Gasteiger partial charge in [-0.25, -0.2) is 0 Å². The van der Waals surface area contributed by atoms with Crippen molar-refractivity contribution in [2.45, 2.75) is 19.3 Å². The quantitative estimate of drug-likeness (QED) is 0.295. The number of methoxy groups -OCH3 is 1. The molecule has 4 aromatic rings. The Balaban J connectivity index is 1.35. The third-order valence-corrected chi connectivity index (χ3v) is 7.01. The second kappa shape index (κ2) is 12.2. The van der Waals surface area contributed by atoms with E-state index in [4.69, 9.17) is 25.8 Å². The van der Waals surface area contributed by atoms with Crippen LogP contribution >= 0.6 is 22.9 Å². The molecule has 0 aliphatic heterocycles. The predicted octanol–water partition coefficient (Wildman–Crippen LogP) is 4.15. The lowest BCUT2D eigenvalue weighted by molar-refractivity contribution is 0.00585. The fourth-order valence-electron chi connectivity index (χ4n) is 3.69. The van der Waals surface area contributed by atoms with Crippen LogP contribution in [0.2, 0.25) is 5.02 Å². The minimum Gasteiger partial charge on any atom is -0.493 e. The molecule has 0 bridgehead atoms. The van der Waals surface area contributed by atoms with Crippen molar-refractivity contribution in [3.63, 3.8) is 0 Å². The molecule has 194 valence electrons. The Hall–Kier alpha value is -3.37. The minimum absolute atomic E-state index is 0.0426. The second-order valence-electron chi connectivity index (χ2n) is 8.35. The number of fused-ring (bicyclic) bond motifs is 1. The van der Waals surface area contributed by atoms with Crippen molar-refractivity contribution < 1.29 is 24.1 Å². The van der Waals surface area contributed by atoms with E-state index in [0.29, 0.717) is 21.9 Å². The Morgan fingerprint density at radius 2 is 1.86 bits per heavy atom. The number of benzene rings is 2. The highest BCUT2D eigenvalue weighted by molar-refractivity contribution is 7.18. The van der Waals surface area contributed by atoms with Crippen molar-refractivity contribution in [2.75, 3.05) is 20.3 Å². The van der Waals surface area contributed by atoms with E-state index in [1.165, 1.54) is 11.3 Å². The van der Waals surface area contributed by atoms with Crippen molar-refractivity contribution in [3.05, 3.63) is 92.0 Å². The van der Waals surface area contributed by atoms with Crippen molar-refractivity contribution in [3.8, 4) is 11.5 Å². The summed E-state index contributed by atoms with van der Waals surface area (Å²) >= 11 is 7.30. The van der Waals surface area contributed by atoms with E-state index in [1.807, 2.05) is 24.3 Å². The Morgan fingerprint density at radius 3 is 2.59 bits per heavy atom. The number of amides is 1. The molecule has 8 nitrogen and oxygen atoms in total. The molecule has 2 aromatic heterocycles. The van der Waals surface area contributed by atoms with E-state index < -0.39 is 12.0 Å². The molecule has 0 aliphatic rings. The van der Waals surface area contributed by atoms with Gasteiger partial charge >= 0.3 is 0 Å². The summed E-state index contributed by atoms with van der Waals surface area (Å²) in [6, 6.07) is 16.0. The summed E-state index contributed by atoms with van der Waals surface area (Å²) in [5.41, 5.74) is 0.605. The van der Waals surface area contributed by atoms with Crippen LogP contribution < -0.4 is 20.2 Å². The summed E-state index contributed by atoms with van der Waals surface area (Å²) in [7, 11) is 3.34. The summed E-state index contributed by atoms with van der Waals surface area (Å²) in [6.45, 7) is 0.588. The highest BCUT2D eigenvalue weighted by atomic mass is 35.5. The molecule has 1 atom stereocenters.